The van der Waals surface area contributed by atoms with E-state index in [9.17, 15) is 13.2 Å². The molecule has 1 aromatic heterocycles. The number of hydrogen-bond donors (Lipinski definition) is 1. The summed E-state index contributed by atoms with van der Waals surface area (Å²) >= 11 is 1.46. The predicted octanol–water partition coefficient (Wildman–Crippen LogP) is 3.08. The van der Waals surface area contributed by atoms with Gasteiger partial charge >= 0.3 is 5.97 Å². The molecule has 0 fully saturated rings. The van der Waals surface area contributed by atoms with Crippen molar-refractivity contribution in [1.29, 1.82) is 0 Å². The molecule has 2 rings (SSSR count). The number of thiophene rings is 1. The van der Waals surface area contributed by atoms with E-state index in [0.717, 1.165) is 10.4 Å². The number of benzene rings is 1. The maximum Gasteiger partial charge on any atom is 0.305 e. The highest BCUT2D eigenvalue weighted by atomic mass is 32.2. The van der Waals surface area contributed by atoms with Crippen molar-refractivity contribution >= 4 is 33.0 Å². The van der Waals surface area contributed by atoms with Gasteiger partial charge in [-0.25, -0.2) is 0 Å². The van der Waals surface area contributed by atoms with Gasteiger partial charge in [-0.1, -0.05) is 23.8 Å². The topological polar surface area (TPSA) is 84.8 Å². The molecule has 1 aromatic carbocycles. The lowest BCUT2D eigenvalue weighted by atomic mass is 10.1. The smallest absolute Gasteiger partial charge is 0.305 e. The van der Waals surface area contributed by atoms with Gasteiger partial charge in [-0.15, -0.1) is 11.3 Å². The van der Waals surface area contributed by atoms with Crippen LogP contribution < -0.4 is 4.83 Å². The van der Waals surface area contributed by atoms with E-state index in [0.29, 0.717) is 18.6 Å². The molecule has 0 amide bonds. The summed E-state index contributed by atoms with van der Waals surface area (Å²) in [5.41, 5.74) is 1.57. The van der Waals surface area contributed by atoms with Crippen molar-refractivity contribution in [2.75, 3.05) is 7.11 Å². The zero-order chi connectivity index (χ0) is 18.3. The van der Waals surface area contributed by atoms with E-state index in [1.165, 1.54) is 30.6 Å². The second-order valence-electron chi connectivity index (χ2n) is 5.37. The number of carbonyl (C=O) groups excluding carboxylic acids is 1. The van der Waals surface area contributed by atoms with Crippen LogP contribution >= 0.6 is 11.3 Å². The highest BCUT2D eigenvalue weighted by Gasteiger charge is 2.14. The first-order valence-electron chi connectivity index (χ1n) is 7.68. The van der Waals surface area contributed by atoms with Gasteiger partial charge in [-0.3, -0.25) is 4.79 Å². The number of rotatable bonds is 8. The van der Waals surface area contributed by atoms with E-state index < -0.39 is 10.0 Å². The van der Waals surface area contributed by atoms with Gasteiger partial charge in [0.05, 0.1) is 22.6 Å². The maximum atomic E-state index is 12.4. The second-order valence-corrected chi connectivity index (χ2v) is 7.98. The molecule has 0 saturated carbocycles. The lowest BCUT2D eigenvalue weighted by Gasteiger charge is -2.07. The Balaban J connectivity index is 2.13. The fraction of sp³-hybridized carbons (Fsp3) is 0.294. The summed E-state index contributed by atoms with van der Waals surface area (Å²) in [5, 5.41) is 5.98. The van der Waals surface area contributed by atoms with Crippen LogP contribution in [0.2, 0.25) is 0 Å². The Morgan fingerprint density at radius 3 is 2.52 bits per heavy atom. The van der Waals surface area contributed by atoms with E-state index in [-0.39, 0.29) is 17.3 Å². The van der Waals surface area contributed by atoms with Gasteiger partial charge < -0.3 is 4.74 Å². The fourth-order valence-corrected chi connectivity index (χ4v) is 3.64. The summed E-state index contributed by atoms with van der Waals surface area (Å²) in [5.74, 6) is -0.300. The van der Waals surface area contributed by atoms with Gasteiger partial charge in [0.2, 0.25) is 0 Å². The third kappa shape index (κ3) is 5.68. The molecule has 1 heterocycles. The number of esters is 1. The fourth-order valence-electron chi connectivity index (χ4n) is 2.06. The van der Waals surface area contributed by atoms with Gasteiger partial charge in [0.15, 0.2) is 0 Å². The Morgan fingerprint density at radius 2 is 1.92 bits per heavy atom. The van der Waals surface area contributed by atoms with Crippen molar-refractivity contribution in [3.05, 3.63) is 52.2 Å². The molecule has 1 N–H and O–H groups in total. The molecule has 0 spiro atoms. The number of methoxy groups -OCH3 is 1. The number of sulfonamides is 1. The summed E-state index contributed by atoms with van der Waals surface area (Å²) < 4.78 is 29.3. The first-order valence-corrected chi connectivity index (χ1v) is 10.0. The van der Waals surface area contributed by atoms with E-state index in [2.05, 4.69) is 14.7 Å². The molecule has 0 aliphatic heterocycles. The van der Waals surface area contributed by atoms with Crippen molar-refractivity contribution in [3.8, 4) is 0 Å². The van der Waals surface area contributed by atoms with Gasteiger partial charge in [-0.2, -0.15) is 18.4 Å². The van der Waals surface area contributed by atoms with E-state index in [1.54, 1.807) is 12.1 Å². The molecular weight excluding hydrogens is 360 g/mol. The van der Waals surface area contributed by atoms with Crippen LogP contribution in [0.25, 0.3) is 0 Å². The largest absolute Gasteiger partial charge is 0.469 e. The van der Waals surface area contributed by atoms with Crippen LogP contribution in [0.15, 0.2) is 51.8 Å². The molecule has 0 bridgehead atoms. The summed E-state index contributed by atoms with van der Waals surface area (Å²) in [6.45, 7) is 1.89. The molecule has 134 valence electrons. The van der Waals surface area contributed by atoms with Crippen LogP contribution in [0, 0.1) is 6.92 Å². The van der Waals surface area contributed by atoms with Crippen LogP contribution in [0.1, 0.15) is 29.7 Å². The molecule has 0 radical (unpaired) electrons. The van der Waals surface area contributed by atoms with Crippen LogP contribution in [-0.4, -0.2) is 27.2 Å². The van der Waals surface area contributed by atoms with Gasteiger partial charge in [0.25, 0.3) is 10.0 Å². The molecule has 0 atom stereocenters. The normalized spacial score (nSPS) is 12.0. The van der Waals surface area contributed by atoms with E-state index in [4.69, 9.17) is 0 Å². The minimum absolute atomic E-state index is 0.155. The predicted molar refractivity (Wildman–Crippen MR) is 98.2 cm³/mol. The number of hydrogen-bond acceptors (Lipinski definition) is 6. The quantitative estimate of drug-likeness (QED) is 0.433. The Hall–Kier alpha value is -2.19. The van der Waals surface area contributed by atoms with Gasteiger partial charge in [0, 0.05) is 6.42 Å². The molecule has 0 unspecified atom stereocenters. The zero-order valence-corrected chi connectivity index (χ0v) is 15.7. The summed E-state index contributed by atoms with van der Waals surface area (Å²) in [6.07, 6.45) is 1.24. The lowest BCUT2D eigenvalue weighted by molar-refractivity contribution is -0.140. The standard InChI is InChI=1S/C17H20N2O4S2/c1-13-8-10-14(11-9-13)25(21,22)19-18-15(16-6-4-12-24-16)5-3-7-17(20)23-2/h4,6,8-12,19H,3,5,7H2,1-2H3/b18-15-. The maximum absolute atomic E-state index is 12.4. The van der Waals surface area contributed by atoms with Gasteiger partial charge in [-0.05, 0) is 43.3 Å². The van der Waals surface area contributed by atoms with E-state index in [1.807, 2.05) is 24.4 Å². The Bertz CT molecular complexity index is 826. The lowest BCUT2D eigenvalue weighted by Crippen LogP contribution is -2.20. The van der Waals surface area contributed by atoms with E-state index >= 15 is 0 Å². The van der Waals surface area contributed by atoms with Crippen molar-refractivity contribution in [1.82, 2.24) is 4.83 Å². The summed E-state index contributed by atoms with van der Waals surface area (Å²) in [7, 11) is -2.39. The number of aryl methyl sites for hydroxylation is 1. The van der Waals surface area contributed by atoms with Crippen LogP contribution in [-0.2, 0) is 19.6 Å². The molecule has 0 aliphatic rings. The zero-order valence-electron chi connectivity index (χ0n) is 14.1. The summed E-state index contributed by atoms with van der Waals surface area (Å²) in [4.78, 5) is 14.5. The molecule has 8 heteroatoms. The number of nitrogens with one attached hydrogen (secondary N) is 1. The highest BCUT2D eigenvalue weighted by Crippen LogP contribution is 2.15. The molecule has 6 nitrogen and oxygen atoms in total. The number of carbonyl (C=O) groups is 1. The SMILES string of the molecule is COC(=O)CCC/C(=N/NS(=O)(=O)c1ccc(C)cc1)c1cccs1. The average molecular weight is 380 g/mol. The van der Waals surface area contributed by atoms with Crippen molar-refractivity contribution in [2.24, 2.45) is 5.10 Å². The monoisotopic (exact) mass is 380 g/mol. The molecular formula is C17H20N2O4S2. The Labute approximate surface area is 151 Å². The Morgan fingerprint density at radius 1 is 1.20 bits per heavy atom. The number of ether oxygens (including phenoxy) is 1. The second kappa shape index (κ2) is 8.77. The summed E-state index contributed by atoms with van der Waals surface area (Å²) in [6, 6.07) is 10.3. The highest BCUT2D eigenvalue weighted by molar-refractivity contribution is 7.89. The van der Waals surface area contributed by atoms with Crippen molar-refractivity contribution < 1.29 is 17.9 Å². The van der Waals surface area contributed by atoms with Crippen LogP contribution in [0.4, 0.5) is 0 Å². The minimum Gasteiger partial charge on any atom is -0.469 e. The van der Waals surface area contributed by atoms with Crippen LogP contribution in [0.3, 0.4) is 0 Å². The third-order valence-electron chi connectivity index (χ3n) is 3.46. The molecule has 25 heavy (non-hydrogen) atoms. The Kier molecular flexibility index (Phi) is 6.72. The minimum atomic E-state index is -3.73. The van der Waals surface area contributed by atoms with Crippen LogP contribution in [0.5, 0.6) is 0 Å². The molecule has 0 aliphatic carbocycles. The third-order valence-corrected chi connectivity index (χ3v) is 5.60. The molecule has 2 aromatic rings. The first-order chi connectivity index (χ1) is 11.9. The number of nitrogens with zero attached hydrogens (tertiary/aromatic N) is 1. The average Bonchev–Trinajstić information content (AvgIpc) is 3.12. The van der Waals surface area contributed by atoms with Gasteiger partial charge in [0.1, 0.15) is 0 Å². The first kappa shape index (κ1) is 19.1. The number of hydrazone groups is 1. The van der Waals surface area contributed by atoms with Crippen molar-refractivity contribution in [3.63, 3.8) is 0 Å². The van der Waals surface area contributed by atoms with Crippen molar-refractivity contribution in [2.45, 2.75) is 31.1 Å². The molecule has 0 saturated heterocycles.